The summed E-state index contributed by atoms with van der Waals surface area (Å²) < 4.78 is 17.7. The number of hydrogen-bond acceptors (Lipinski definition) is 8. The van der Waals surface area contributed by atoms with Gasteiger partial charge in [-0.05, 0) is 28.1 Å². The number of nitrogens with one attached hydrogen (secondary N) is 1. The Kier molecular flexibility index (Phi) is 5.45. The van der Waals surface area contributed by atoms with Gasteiger partial charge in [-0.3, -0.25) is 9.69 Å². The van der Waals surface area contributed by atoms with Gasteiger partial charge in [0, 0.05) is 26.1 Å². The Bertz CT molecular complexity index is 789. The number of aryl methyl sites for hydroxylation is 1. The fourth-order valence-corrected chi connectivity index (χ4v) is 3.02. The lowest BCUT2D eigenvalue weighted by molar-refractivity contribution is -0.121. The van der Waals surface area contributed by atoms with Crippen molar-refractivity contribution in [3.63, 3.8) is 0 Å². The maximum absolute atomic E-state index is 12.2. The number of tetrazole rings is 1. The second-order valence-electron chi connectivity index (χ2n) is 6.42. The molecule has 0 bridgehead atoms. The number of nitrogens with zero attached hydrogens (tertiary/aromatic N) is 5. The van der Waals surface area contributed by atoms with E-state index in [9.17, 15) is 4.79 Å². The fraction of sp³-hybridized carbons (Fsp3) is 0.529. The largest absolute Gasteiger partial charge is 0.454 e. The van der Waals surface area contributed by atoms with Gasteiger partial charge in [0.25, 0.3) is 0 Å². The molecular weight excluding hydrogens is 352 g/mol. The molecule has 2 aliphatic rings. The maximum atomic E-state index is 12.2. The average molecular weight is 374 g/mol. The molecule has 2 aromatic rings. The SMILES string of the molecule is O=C(CCn1nnnc1CN1CCOCC1)NCc1ccc2c(c1)OCO2. The zero-order valence-corrected chi connectivity index (χ0v) is 15.0. The molecule has 0 unspecified atom stereocenters. The van der Waals surface area contributed by atoms with Crippen LogP contribution in [0.5, 0.6) is 11.5 Å². The van der Waals surface area contributed by atoms with E-state index in [1.54, 1.807) is 4.68 Å². The third-order valence-electron chi connectivity index (χ3n) is 4.55. The predicted molar refractivity (Wildman–Crippen MR) is 92.9 cm³/mol. The van der Waals surface area contributed by atoms with Crippen LogP contribution in [0.2, 0.25) is 0 Å². The van der Waals surface area contributed by atoms with Gasteiger partial charge in [-0.15, -0.1) is 5.10 Å². The quantitative estimate of drug-likeness (QED) is 0.719. The summed E-state index contributed by atoms with van der Waals surface area (Å²) in [7, 11) is 0. The summed E-state index contributed by atoms with van der Waals surface area (Å²) in [6, 6.07) is 5.64. The van der Waals surface area contributed by atoms with Gasteiger partial charge in [-0.2, -0.15) is 0 Å². The topological polar surface area (TPSA) is 104 Å². The number of ether oxygens (including phenoxy) is 3. The highest BCUT2D eigenvalue weighted by atomic mass is 16.7. The molecule has 0 radical (unpaired) electrons. The zero-order valence-electron chi connectivity index (χ0n) is 15.0. The highest BCUT2D eigenvalue weighted by Crippen LogP contribution is 2.32. The lowest BCUT2D eigenvalue weighted by Gasteiger charge is -2.25. The van der Waals surface area contributed by atoms with Gasteiger partial charge in [0.05, 0.1) is 26.3 Å². The first-order valence-electron chi connectivity index (χ1n) is 8.98. The zero-order chi connectivity index (χ0) is 18.5. The lowest BCUT2D eigenvalue weighted by Crippen LogP contribution is -2.36. The molecule has 10 heteroatoms. The lowest BCUT2D eigenvalue weighted by atomic mass is 10.2. The van der Waals surface area contributed by atoms with E-state index in [1.807, 2.05) is 18.2 Å². The van der Waals surface area contributed by atoms with Crippen molar-refractivity contribution >= 4 is 5.91 Å². The van der Waals surface area contributed by atoms with Gasteiger partial charge in [-0.25, -0.2) is 4.68 Å². The molecule has 2 aliphatic heterocycles. The van der Waals surface area contributed by atoms with Gasteiger partial charge >= 0.3 is 0 Å². The van der Waals surface area contributed by atoms with Gasteiger partial charge in [0.15, 0.2) is 17.3 Å². The standard InChI is InChI=1S/C17H22N6O4/c24-17(18-10-13-1-2-14-15(9-13)27-12-26-14)3-4-23-16(19-20-21-23)11-22-5-7-25-8-6-22/h1-2,9H,3-8,10-12H2,(H,18,24). The van der Waals surface area contributed by atoms with Crippen molar-refractivity contribution in [2.75, 3.05) is 33.1 Å². The van der Waals surface area contributed by atoms with Crippen molar-refractivity contribution in [1.29, 1.82) is 0 Å². The molecule has 144 valence electrons. The molecule has 0 aliphatic carbocycles. The second-order valence-corrected chi connectivity index (χ2v) is 6.42. The van der Waals surface area contributed by atoms with E-state index < -0.39 is 0 Å². The smallest absolute Gasteiger partial charge is 0.231 e. The van der Waals surface area contributed by atoms with Gasteiger partial charge in [-0.1, -0.05) is 6.07 Å². The van der Waals surface area contributed by atoms with Crippen molar-refractivity contribution in [1.82, 2.24) is 30.4 Å². The number of benzene rings is 1. The molecule has 3 heterocycles. The third-order valence-corrected chi connectivity index (χ3v) is 4.55. The Morgan fingerprint density at radius 1 is 1.19 bits per heavy atom. The Hall–Kier alpha value is -2.72. The van der Waals surface area contributed by atoms with Crippen LogP contribution in [-0.4, -0.2) is 64.1 Å². The van der Waals surface area contributed by atoms with Gasteiger partial charge in [0.2, 0.25) is 12.7 Å². The van der Waals surface area contributed by atoms with E-state index in [1.165, 1.54) is 0 Å². The number of hydrogen-bond donors (Lipinski definition) is 1. The fourth-order valence-electron chi connectivity index (χ4n) is 3.02. The number of aromatic nitrogens is 4. The van der Waals surface area contributed by atoms with E-state index in [0.717, 1.165) is 43.4 Å². The van der Waals surface area contributed by atoms with E-state index >= 15 is 0 Å². The summed E-state index contributed by atoms with van der Waals surface area (Å²) in [5, 5.41) is 14.7. The van der Waals surface area contributed by atoms with Crippen LogP contribution in [0.15, 0.2) is 18.2 Å². The molecule has 0 atom stereocenters. The van der Waals surface area contributed by atoms with Crippen molar-refractivity contribution < 1.29 is 19.0 Å². The Labute approximate surface area is 156 Å². The molecule has 1 fully saturated rings. The van der Waals surface area contributed by atoms with Crippen LogP contribution in [0.1, 0.15) is 17.8 Å². The van der Waals surface area contributed by atoms with Crippen molar-refractivity contribution in [2.24, 2.45) is 0 Å². The number of carbonyl (C=O) groups is 1. The minimum absolute atomic E-state index is 0.0551. The molecule has 27 heavy (non-hydrogen) atoms. The minimum atomic E-state index is -0.0551. The summed E-state index contributed by atoms with van der Waals surface area (Å²) in [5.41, 5.74) is 0.961. The summed E-state index contributed by atoms with van der Waals surface area (Å²) in [6.07, 6.45) is 0.311. The predicted octanol–water partition coefficient (Wildman–Crippen LogP) is -0.0595. The molecule has 1 aromatic carbocycles. The summed E-state index contributed by atoms with van der Waals surface area (Å²) in [4.78, 5) is 14.4. The second kappa shape index (κ2) is 8.31. The monoisotopic (exact) mass is 374 g/mol. The van der Waals surface area contributed by atoms with Crippen molar-refractivity contribution in [2.45, 2.75) is 26.1 Å². The van der Waals surface area contributed by atoms with Crippen LogP contribution in [0.4, 0.5) is 0 Å². The first-order chi connectivity index (χ1) is 13.3. The van der Waals surface area contributed by atoms with E-state index in [0.29, 0.717) is 31.8 Å². The minimum Gasteiger partial charge on any atom is -0.454 e. The molecule has 0 spiro atoms. The number of carbonyl (C=O) groups excluding carboxylic acids is 1. The first kappa shape index (κ1) is 17.7. The molecule has 1 amide bonds. The highest BCUT2D eigenvalue weighted by molar-refractivity contribution is 5.75. The molecule has 1 aromatic heterocycles. The summed E-state index contributed by atoms with van der Waals surface area (Å²) >= 11 is 0. The number of rotatable bonds is 7. The molecule has 10 nitrogen and oxygen atoms in total. The van der Waals surface area contributed by atoms with Crippen LogP contribution >= 0.6 is 0 Å². The van der Waals surface area contributed by atoms with E-state index in [4.69, 9.17) is 14.2 Å². The molecule has 0 saturated carbocycles. The summed E-state index contributed by atoms with van der Waals surface area (Å²) in [5.74, 6) is 2.15. The van der Waals surface area contributed by atoms with Crippen LogP contribution < -0.4 is 14.8 Å². The van der Waals surface area contributed by atoms with Crippen LogP contribution in [0.25, 0.3) is 0 Å². The highest BCUT2D eigenvalue weighted by Gasteiger charge is 2.16. The first-order valence-corrected chi connectivity index (χ1v) is 8.98. The Morgan fingerprint density at radius 2 is 2.04 bits per heavy atom. The van der Waals surface area contributed by atoms with Crippen molar-refractivity contribution in [3.8, 4) is 11.5 Å². The normalized spacial score (nSPS) is 16.4. The molecular formula is C17H22N6O4. The molecule has 1 N–H and O–H groups in total. The van der Waals surface area contributed by atoms with E-state index in [2.05, 4.69) is 25.7 Å². The maximum Gasteiger partial charge on any atom is 0.231 e. The van der Waals surface area contributed by atoms with Crippen LogP contribution in [0.3, 0.4) is 0 Å². The molecule has 4 rings (SSSR count). The van der Waals surface area contributed by atoms with Crippen molar-refractivity contribution in [3.05, 3.63) is 29.6 Å². The molecule has 1 saturated heterocycles. The van der Waals surface area contributed by atoms with Crippen LogP contribution in [-0.2, 0) is 29.2 Å². The Balaban J connectivity index is 1.24. The number of morpholine rings is 1. The Morgan fingerprint density at radius 3 is 2.93 bits per heavy atom. The van der Waals surface area contributed by atoms with E-state index in [-0.39, 0.29) is 12.7 Å². The average Bonchev–Trinajstić information content (AvgIpc) is 3.34. The summed E-state index contributed by atoms with van der Waals surface area (Å²) in [6.45, 7) is 4.96. The number of amides is 1. The van der Waals surface area contributed by atoms with Gasteiger partial charge in [0.1, 0.15) is 0 Å². The van der Waals surface area contributed by atoms with Gasteiger partial charge < -0.3 is 19.5 Å². The number of fused-ring (bicyclic) bond motifs is 1. The third kappa shape index (κ3) is 4.52. The van der Waals surface area contributed by atoms with Crippen LogP contribution in [0, 0.1) is 0 Å².